The van der Waals surface area contributed by atoms with E-state index in [1.807, 2.05) is 6.07 Å². The van der Waals surface area contributed by atoms with E-state index >= 15 is 0 Å². The summed E-state index contributed by atoms with van der Waals surface area (Å²) in [4.78, 5) is 11.7. The van der Waals surface area contributed by atoms with Crippen molar-refractivity contribution in [1.82, 2.24) is 5.32 Å². The Morgan fingerprint density at radius 2 is 2.13 bits per heavy atom. The van der Waals surface area contributed by atoms with Crippen LogP contribution in [0.2, 0.25) is 0 Å². The number of hydrogen-bond acceptors (Lipinski definition) is 3. The van der Waals surface area contributed by atoms with Gasteiger partial charge in [-0.2, -0.15) is 5.26 Å². The third-order valence-electron chi connectivity index (χ3n) is 3.05. The molecule has 23 heavy (non-hydrogen) atoms. The maximum Gasteiger partial charge on any atom is 0.257 e. The van der Waals surface area contributed by atoms with Crippen LogP contribution in [0.4, 0.5) is 4.39 Å². The molecule has 0 heterocycles. The molecule has 0 saturated heterocycles. The molecule has 0 unspecified atom stereocenters. The molecule has 0 aliphatic carbocycles. The maximum atomic E-state index is 13.1. The van der Waals surface area contributed by atoms with E-state index in [9.17, 15) is 9.18 Å². The van der Waals surface area contributed by atoms with Gasteiger partial charge in [-0.15, -0.1) is 0 Å². The summed E-state index contributed by atoms with van der Waals surface area (Å²) in [6, 6.07) is 13.4. The van der Waals surface area contributed by atoms with Gasteiger partial charge in [0.25, 0.3) is 5.91 Å². The number of benzene rings is 2. The molecule has 0 atom stereocenters. The minimum Gasteiger partial charge on any atom is -0.484 e. The van der Waals surface area contributed by atoms with Crippen molar-refractivity contribution in [3.05, 3.63) is 63.9 Å². The average Bonchev–Trinajstić information content (AvgIpc) is 2.56. The van der Waals surface area contributed by atoms with Gasteiger partial charge in [0, 0.05) is 6.54 Å². The molecular weight excluding hydrogens is 363 g/mol. The van der Waals surface area contributed by atoms with Crippen molar-refractivity contribution < 1.29 is 13.9 Å². The van der Waals surface area contributed by atoms with Gasteiger partial charge in [0.2, 0.25) is 0 Å². The lowest BCUT2D eigenvalue weighted by atomic mass is 10.1. The summed E-state index contributed by atoms with van der Waals surface area (Å²) >= 11 is 3.12. The van der Waals surface area contributed by atoms with E-state index in [2.05, 4.69) is 21.2 Å². The fourth-order valence-electron chi connectivity index (χ4n) is 1.90. The van der Waals surface area contributed by atoms with Crippen LogP contribution in [0.3, 0.4) is 0 Å². The lowest BCUT2D eigenvalue weighted by Gasteiger charge is -2.08. The predicted octanol–water partition coefficient (Wildman–Crippen LogP) is 3.20. The Balaban J connectivity index is 1.74. The molecule has 0 radical (unpaired) electrons. The number of carbonyl (C=O) groups excluding carboxylic acids is 1. The van der Waals surface area contributed by atoms with E-state index in [4.69, 9.17) is 10.00 Å². The number of halogens is 2. The summed E-state index contributed by atoms with van der Waals surface area (Å²) in [5.41, 5.74) is 1.39. The van der Waals surface area contributed by atoms with Crippen LogP contribution in [0.1, 0.15) is 11.1 Å². The van der Waals surface area contributed by atoms with Crippen LogP contribution in [-0.4, -0.2) is 19.1 Å². The number of carbonyl (C=O) groups is 1. The fraction of sp³-hybridized carbons (Fsp3) is 0.176. The Morgan fingerprint density at radius 3 is 2.87 bits per heavy atom. The van der Waals surface area contributed by atoms with E-state index in [0.717, 1.165) is 5.56 Å². The van der Waals surface area contributed by atoms with Crippen molar-refractivity contribution in [2.45, 2.75) is 6.42 Å². The van der Waals surface area contributed by atoms with Gasteiger partial charge in [-0.05, 0) is 58.2 Å². The molecule has 0 aliphatic rings. The number of hydrogen-bond donors (Lipinski definition) is 1. The molecule has 1 amide bonds. The van der Waals surface area contributed by atoms with Crippen LogP contribution in [0.25, 0.3) is 0 Å². The van der Waals surface area contributed by atoms with E-state index in [-0.39, 0.29) is 18.3 Å². The smallest absolute Gasteiger partial charge is 0.257 e. The van der Waals surface area contributed by atoms with Gasteiger partial charge in [-0.3, -0.25) is 4.79 Å². The standard InChI is InChI=1S/C17H14BrFN2O2/c18-15-9-12(4-5-16(15)19)6-7-21-17(22)11-23-14-3-1-2-13(8-14)10-20/h1-5,8-9H,6-7,11H2,(H,21,22). The summed E-state index contributed by atoms with van der Waals surface area (Å²) in [6.45, 7) is 0.306. The highest BCUT2D eigenvalue weighted by atomic mass is 79.9. The van der Waals surface area contributed by atoms with Crippen LogP contribution in [-0.2, 0) is 11.2 Å². The lowest BCUT2D eigenvalue weighted by molar-refractivity contribution is -0.123. The third-order valence-corrected chi connectivity index (χ3v) is 3.66. The third kappa shape index (κ3) is 5.38. The van der Waals surface area contributed by atoms with Crippen molar-refractivity contribution in [2.75, 3.05) is 13.2 Å². The highest BCUT2D eigenvalue weighted by Crippen LogP contribution is 2.17. The topological polar surface area (TPSA) is 62.1 Å². The second-order valence-electron chi connectivity index (χ2n) is 4.78. The SMILES string of the molecule is N#Cc1cccc(OCC(=O)NCCc2ccc(F)c(Br)c2)c1. The van der Waals surface area contributed by atoms with E-state index < -0.39 is 0 Å². The molecule has 0 fully saturated rings. The first-order valence-electron chi connectivity index (χ1n) is 6.92. The first kappa shape index (κ1) is 17.0. The Hall–Kier alpha value is -2.39. The first-order valence-corrected chi connectivity index (χ1v) is 7.71. The number of nitriles is 1. The molecular formula is C17H14BrFN2O2. The largest absolute Gasteiger partial charge is 0.484 e. The van der Waals surface area contributed by atoms with Crippen molar-refractivity contribution >= 4 is 21.8 Å². The van der Waals surface area contributed by atoms with E-state index in [0.29, 0.717) is 28.8 Å². The molecule has 0 aromatic heterocycles. The molecule has 4 nitrogen and oxygen atoms in total. The quantitative estimate of drug-likeness (QED) is 0.841. The normalized spacial score (nSPS) is 9.96. The number of nitrogens with zero attached hydrogens (tertiary/aromatic N) is 1. The zero-order valence-electron chi connectivity index (χ0n) is 12.2. The van der Waals surface area contributed by atoms with E-state index in [1.165, 1.54) is 6.07 Å². The summed E-state index contributed by atoms with van der Waals surface area (Å²) in [5, 5.41) is 11.5. The maximum absolute atomic E-state index is 13.1. The van der Waals surface area contributed by atoms with Crippen LogP contribution in [0.15, 0.2) is 46.9 Å². The molecule has 1 N–H and O–H groups in total. The second kappa shape index (κ2) is 8.30. The van der Waals surface area contributed by atoms with Crippen LogP contribution in [0, 0.1) is 17.1 Å². The van der Waals surface area contributed by atoms with Gasteiger partial charge in [0.05, 0.1) is 16.1 Å². The number of amides is 1. The predicted molar refractivity (Wildman–Crippen MR) is 87.5 cm³/mol. The molecule has 0 spiro atoms. The summed E-state index contributed by atoms with van der Waals surface area (Å²) in [5.74, 6) is -0.0963. The zero-order chi connectivity index (χ0) is 16.7. The Bertz CT molecular complexity index is 744. The van der Waals surface area contributed by atoms with Gasteiger partial charge >= 0.3 is 0 Å². The molecule has 0 bridgehead atoms. The van der Waals surface area contributed by atoms with Gasteiger partial charge in [0.15, 0.2) is 6.61 Å². The number of rotatable bonds is 6. The average molecular weight is 377 g/mol. The highest BCUT2D eigenvalue weighted by Gasteiger charge is 2.04. The molecule has 118 valence electrons. The first-order chi connectivity index (χ1) is 11.1. The summed E-state index contributed by atoms with van der Waals surface area (Å²) in [6.07, 6.45) is 0.592. The minimum atomic E-state index is -0.314. The summed E-state index contributed by atoms with van der Waals surface area (Å²) < 4.78 is 18.8. The molecule has 0 saturated carbocycles. The highest BCUT2D eigenvalue weighted by molar-refractivity contribution is 9.10. The zero-order valence-corrected chi connectivity index (χ0v) is 13.8. The Kier molecular flexibility index (Phi) is 6.12. The van der Waals surface area contributed by atoms with Crippen LogP contribution >= 0.6 is 15.9 Å². The summed E-state index contributed by atoms with van der Waals surface area (Å²) in [7, 11) is 0. The number of nitrogens with one attached hydrogen (secondary N) is 1. The molecule has 2 aromatic carbocycles. The minimum absolute atomic E-state index is 0.123. The van der Waals surface area contributed by atoms with Gasteiger partial charge in [0.1, 0.15) is 11.6 Å². The lowest BCUT2D eigenvalue weighted by Crippen LogP contribution is -2.30. The van der Waals surface area contributed by atoms with Gasteiger partial charge < -0.3 is 10.1 Å². The molecule has 2 rings (SSSR count). The van der Waals surface area contributed by atoms with E-state index in [1.54, 1.807) is 36.4 Å². The van der Waals surface area contributed by atoms with Crippen molar-refractivity contribution in [2.24, 2.45) is 0 Å². The van der Waals surface area contributed by atoms with Crippen molar-refractivity contribution in [3.8, 4) is 11.8 Å². The van der Waals surface area contributed by atoms with Crippen LogP contribution in [0.5, 0.6) is 5.75 Å². The van der Waals surface area contributed by atoms with Crippen molar-refractivity contribution in [3.63, 3.8) is 0 Å². The fourth-order valence-corrected chi connectivity index (χ4v) is 2.32. The second-order valence-corrected chi connectivity index (χ2v) is 5.63. The number of ether oxygens (including phenoxy) is 1. The van der Waals surface area contributed by atoms with Crippen LogP contribution < -0.4 is 10.1 Å². The monoisotopic (exact) mass is 376 g/mol. The molecule has 0 aliphatic heterocycles. The van der Waals surface area contributed by atoms with Crippen molar-refractivity contribution in [1.29, 1.82) is 5.26 Å². The Morgan fingerprint density at radius 1 is 1.30 bits per heavy atom. The Labute approximate surface area is 142 Å². The molecule has 6 heteroatoms. The van der Waals surface area contributed by atoms with Gasteiger partial charge in [-0.25, -0.2) is 4.39 Å². The molecule has 2 aromatic rings. The van der Waals surface area contributed by atoms with Gasteiger partial charge in [-0.1, -0.05) is 12.1 Å².